The molecule has 0 aromatic heterocycles. The lowest BCUT2D eigenvalue weighted by molar-refractivity contribution is 1.61. The van der Waals surface area contributed by atoms with E-state index in [-0.39, 0.29) is 9.68 Å². The normalized spacial score (nSPS) is 14.0. The molecule has 0 heterocycles. The predicted molar refractivity (Wildman–Crippen MR) is 51.5 cm³/mol. The maximum Gasteiger partial charge on any atom is 0.126 e. The van der Waals surface area contributed by atoms with Crippen molar-refractivity contribution in [2.75, 3.05) is 12.5 Å². The molecule has 1 nitrogen and oxygen atoms in total. The average molecular weight is 161 g/mol. The van der Waals surface area contributed by atoms with Gasteiger partial charge in [-0.1, -0.05) is 12.3 Å². The predicted octanol–water partition coefficient (Wildman–Crippen LogP) is 0.926. The van der Waals surface area contributed by atoms with Crippen molar-refractivity contribution in [3.8, 4) is 0 Å². The molecule has 1 N–H and O–H groups in total. The minimum Gasteiger partial charge on any atom is -0.300 e. The van der Waals surface area contributed by atoms with E-state index in [0.717, 1.165) is 0 Å². The van der Waals surface area contributed by atoms with Crippen LogP contribution in [0.15, 0.2) is 24.3 Å². The molecule has 0 aromatic carbocycles. The summed E-state index contributed by atoms with van der Waals surface area (Å²) >= 11 is 0. The Morgan fingerprint density at radius 2 is 2.00 bits per heavy atom. The summed E-state index contributed by atoms with van der Waals surface area (Å²) in [5.74, 6) is 0. The molecule has 0 unspecified atom stereocenters. The maximum absolute atomic E-state index is 3.75. The van der Waals surface area contributed by atoms with Crippen LogP contribution in [0.4, 0.5) is 0 Å². The van der Waals surface area contributed by atoms with Crippen LogP contribution in [-0.2, 0) is 0 Å². The summed E-state index contributed by atoms with van der Waals surface area (Å²) in [5, 5.41) is 2.00. The van der Waals surface area contributed by atoms with Crippen molar-refractivity contribution in [2.24, 2.45) is 0 Å². The zero-order valence-corrected chi connectivity index (χ0v) is 8.41. The van der Waals surface area contributed by atoms with Gasteiger partial charge in [0.1, 0.15) is 9.68 Å². The van der Waals surface area contributed by atoms with E-state index in [9.17, 15) is 0 Å². The van der Waals surface area contributed by atoms with Crippen LogP contribution in [-0.4, -0.2) is 22.2 Å². The molecular formula is C6H15NSSi. The summed E-state index contributed by atoms with van der Waals surface area (Å²) in [7, 11) is -0.891. The second kappa shape index (κ2) is 3.93. The van der Waals surface area contributed by atoms with Crippen molar-refractivity contribution in [3.05, 3.63) is 24.3 Å². The van der Waals surface area contributed by atoms with E-state index in [4.69, 9.17) is 0 Å². The fraction of sp³-hybridized carbons (Fsp3) is 0.333. The number of hydrogen-bond acceptors (Lipinski definition) is 1. The first kappa shape index (κ1) is 9.01. The molecule has 0 fully saturated rings. The van der Waals surface area contributed by atoms with Gasteiger partial charge in [0.25, 0.3) is 0 Å². The Morgan fingerprint density at radius 1 is 1.44 bits per heavy atom. The van der Waals surface area contributed by atoms with Gasteiger partial charge in [0, 0.05) is 0 Å². The van der Waals surface area contributed by atoms with E-state index >= 15 is 0 Å². The average Bonchev–Trinajstić information content (AvgIpc) is 1.84. The molecule has 0 spiro atoms. The van der Waals surface area contributed by atoms with Gasteiger partial charge in [0.2, 0.25) is 0 Å². The fourth-order valence-corrected chi connectivity index (χ4v) is 2.99. The summed E-state index contributed by atoms with van der Waals surface area (Å²) in [6.45, 7) is 7.42. The molecule has 0 saturated heterocycles. The fourth-order valence-electron chi connectivity index (χ4n) is 0.333. The SMILES string of the molecule is C=C[SiH2]NS(C)(C)C=C. The van der Waals surface area contributed by atoms with Crippen molar-refractivity contribution in [2.45, 2.75) is 0 Å². The van der Waals surface area contributed by atoms with Gasteiger partial charge in [0.05, 0.1) is 0 Å². The van der Waals surface area contributed by atoms with Crippen molar-refractivity contribution in [1.29, 1.82) is 0 Å². The smallest absolute Gasteiger partial charge is 0.126 e. The van der Waals surface area contributed by atoms with Crippen LogP contribution >= 0.6 is 10.2 Å². The Hall–Kier alpha value is 0.00688. The minimum absolute atomic E-state index is 0.214. The van der Waals surface area contributed by atoms with Gasteiger partial charge < -0.3 is 4.39 Å². The number of hydrogen-bond donors (Lipinski definition) is 1. The van der Waals surface area contributed by atoms with Gasteiger partial charge in [-0.15, -0.1) is 6.58 Å². The van der Waals surface area contributed by atoms with Crippen LogP contribution in [0.1, 0.15) is 0 Å². The highest BCUT2D eigenvalue weighted by atomic mass is 32.3. The van der Waals surface area contributed by atoms with E-state index in [1.165, 1.54) is 0 Å². The molecule has 0 aliphatic carbocycles. The summed E-state index contributed by atoms with van der Waals surface area (Å²) < 4.78 is 3.44. The Labute approximate surface area is 61.6 Å². The van der Waals surface area contributed by atoms with Crippen LogP contribution in [0.2, 0.25) is 0 Å². The van der Waals surface area contributed by atoms with Crippen LogP contribution in [0.5, 0.6) is 0 Å². The third-order valence-electron chi connectivity index (χ3n) is 1.02. The summed E-state index contributed by atoms with van der Waals surface area (Å²) in [6, 6.07) is 0. The van der Waals surface area contributed by atoms with Crippen LogP contribution in [0.3, 0.4) is 0 Å². The molecule has 0 atom stereocenters. The Kier molecular flexibility index (Phi) is 3.93. The molecule has 0 aliphatic rings. The van der Waals surface area contributed by atoms with Crippen molar-refractivity contribution < 1.29 is 0 Å². The van der Waals surface area contributed by atoms with Crippen molar-refractivity contribution >= 4 is 19.9 Å². The second-order valence-electron chi connectivity index (χ2n) is 2.21. The first-order valence-corrected chi connectivity index (χ1v) is 6.87. The first-order chi connectivity index (χ1) is 4.12. The standard InChI is InChI=1S/C6H15NSSi/c1-5-8(3,4)7-9-6-2/h5-7H,1-2,9H2,3-4H3. The summed E-state index contributed by atoms with van der Waals surface area (Å²) in [5.41, 5.74) is 2.00. The first-order valence-electron chi connectivity index (χ1n) is 2.83. The molecule has 3 heteroatoms. The molecule has 0 radical (unpaired) electrons. The quantitative estimate of drug-likeness (QED) is 0.605. The van der Waals surface area contributed by atoms with Gasteiger partial charge >= 0.3 is 0 Å². The molecule has 0 aromatic rings. The Morgan fingerprint density at radius 3 is 2.33 bits per heavy atom. The molecule has 54 valence electrons. The minimum atomic E-state index is -0.677. The van der Waals surface area contributed by atoms with Crippen LogP contribution < -0.4 is 4.39 Å². The lowest BCUT2D eigenvalue weighted by Crippen LogP contribution is -2.19. The second-order valence-corrected chi connectivity index (χ2v) is 7.49. The molecule has 0 rings (SSSR count). The monoisotopic (exact) mass is 161 g/mol. The van der Waals surface area contributed by atoms with E-state index in [1.54, 1.807) is 0 Å². The number of nitrogens with one attached hydrogen (secondary N) is 1. The lowest BCUT2D eigenvalue weighted by Gasteiger charge is -2.27. The van der Waals surface area contributed by atoms with Crippen LogP contribution in [0, 0.1) is 0 Å². The topological polar surface area (TPSA) is 12.0 Å². The zero-order valence-electron chi connectivity index (χ0n) is 6.18. The molecular weight excluding hydrogens is 146 g/mol. The number of rotatable bonds is 4. The van der Waals surface area contributed by atoms with Gasteiger partial charge in [-0.2, -0.15) is 10.2 Å². The maximum atomic E-state index is 3.75. The highest BCUT2D eigenvalue weighted by Crippen LogP contribution is 2.34. The highest BCUT2D eigenvalue weighted by Gasteiger charge is 2.01. The van der Waals surface area contributed by atoms with Crippen LogP contribution in [0.25, 0.3) is 0 Å². The lowest BCUT2D eigenvalue weighted by atomic mass is 11.3. The summed E-state index contributed by atoms with van der Waals surface area (Å²) in [6.07, 6.45) is 4.38. The zero-order chi connectivity index (χ0) is 7.33. The molecule has 0 aliphatic heterocycles. The summed E-state index contributed by atoms with van der Waals surface area (Å²) in [4.78, 5) is 0. The van der Waals surface area contributed by atoms with E-state index in [1.807, 2.05) is 11.1 Å². The van der Waals surface area contributed by atoms with E-state index in [2.05, 4.69) is 30.1 Å². The van der Waals surface area contributed by atoms with Gasteiger partial charge in [-0.05, 0) is 17.9 Å². The highest BCUT2D eigenvalue weighted by molar-refractivity contribution is 8.34. The molecule has 0 amide bonds. The molecule has 0 saturated carbocycles. The van der Waals surface area contributed by atoms with Crippen molar-refractivity contribution in [1.82, 2.24) is 4.39 Å². The molecule has 9 heavy (non-hydrogen) atoms. The van der Waals surface area contributed by atoms with Gasteiger partial charge in [0.15, 0.2) is 0 Å². The largest absolute Gasteiger partial charge is 0.300 e. The van der Waals surface area contributed by atoms with E-state index in [0.29, 0.717) is 0 Å². The third kappa shape index (κ3) is 4.51. The van der Waals surface area contributed by atoms with E-state index < -0.39 is 10.2 Å². The Balaban J connectivity index is 3.57. The van der Waals surface area contributed by atoms with Gasteiger partial charge in [-0.3, -0.25) is 0 Å². The van der Waals surface area contributed by atoms with Crippen molar-refractivity contribution in [3.63, 3.8) is 0 Å². The molecule has 0 bridgehead atoms. The third-order valence-corrected chi connectivity index (χ3v) is 5.78. The van der Waals surface area contributed by atoms with Gasteiger partial charge in [-0.25, -0.2) is 0 Å². The Bertz CT molecular complexity index is 112.